The number of benzene rings is 5. The van der Waals surface area contributed by atoms with Crippen molar-refractivity contribution in [1.29, 1.82) is 0 Å². The number of H-pyrrole nitrogens is 5. The Hall–Kier alpha value is -17.6. The van der Waals surface area contributed by atoms with Crippen molar-refractivity contribution in [2.45, 2.75) is 71.6 Å². The highest BCUT2D eigenvalue weighted by atomic mass is 19.1. The molecule has 0 atom stereocenters. The molecule has 39 heteroatoms. The fraction of sp³-hybridized carbons (Fsp3) is 0.156. The second-order valence-electron chi connectivity index (χ2n) is 28.5. The third-order valence-electron chi connectivity index (χ3n) is 18.4. The van der Waals surface area contributed by atoms with E-state index in [9.17, 15) is 33.2 Å². The molecule has 10 N–H and O–H groups in total. The van der Waals surface area contributed by atoms with Gasteiger partial charge in [0.25, 0.3) is 5.91 Å². The lowest BCUT2D eigenvalue weighted by atomic mass is 10.00. The van der Waals surface area contributed by atoms with Crippen LogP contribution in [0, 0.1) is 11.7 Å². The van der Waals surface area contributed by atoms with Crippen molar-refractivity contribution in [3.8, 4) is 80.5 Å². The van der Waals surface area contributed by atoms with Crippen molar-refractivity contribution >= 4 is 64.9 Å². The first-order chi connectivity index (χ1) is 63.0. The molecule has 0 bridgehead atoms. The van der Waals surface area contributed by atoms with E-state index in [0.717, 1.165) is 39.4 Å². The molecule has 38 nitrogen and oxygen atoms in total. The number of imidazole rings is 1. The number of hydrogen-bond donors (Lipinski definition) is 10. The highest BCUT2D eigenvalue weighted by molar-refractivity contribution is 6.04. The molecule has 12 heterocycles. The number of aryl methyl sites for hydroxylation is 3. The number of Topliss-reactive ketones (excluding diaryl/α,β-unsaturated/α-hetero) is 1. The van der Waals surface area contributed by atoms with Crippen LogP contribution in [0.3, 0.4) is 0 Å². The number of pyridine rings is 5. The van der Waals surface area contributed by atoms with Crippen LogP contribution >= 0.6 is 0 Å². The Labute approximate surface area is 740 Å². The number of nitrogens with one attached hydrogen (secondary N) is 10. The number of anilines is 5. The topological polar surface area (TPSA) is 502 Å². The van der Waals surface area contributed by atoms with Crippen molar-refractivity contribution in [2.75, 3.05) is 40.8 Å². The molecule has 129 heavy (non-hydrogen) atoms. The lowest BCUT2D eigenvalue weighted by Gasteiger charge is -2.07. The van der Waals surface area contributed by atoms with Gasteiger partial charge in [-0.25, -0.2) is 18.7 Å². The maximum Gasteiger partial charge on any atom is 0.256 e. The average molecular weight is 1740 g/mol. The number of ether oxygens (including phenoxy) is 2. The number of rotatable bonds is 30. The van der Waals surface area contributed by atoms with Gasteiger partial charge in [-0.05, 0) is 185 Å². The predicted octanol–water partition coefficient (Wildman–Crippen LogP) is 13.3. The summed E-state index contributed by atoms with van der Waals surface area (Å²) < 4.78 is 27.0. The number of aromatic nitrogens is 25. The van der Waals surface area contributed by atoms with Crippen LogP contribution in [0.5, 0.6) is 11.5 Å². The molecular formula is C90H91FN30O8. The number of methoxy groups -OCH3 is 2. The summed E-state index contributed by atoms with van der Waals surface area (Å²) in [6.07, 6.45) is 18.6. The summed E-state index contributed by atoms with van der Waals surface area (Å²) in [7, 11) is 3.02. The minimum Gasteiger partial charge on any atom is -0.497 e. The van der Waals surface area contributed by atoms with Crippen LogP contribution in [0.15, 0.2) is 268 Å². The molecule has 17 rings (SSSR count). The number of hydrogen-bond acceptors (Lipinski definition) is 26. The third-order valence-corrected chi connectivity index (χ3v) is 18.4. The highest BCUT2D eigenvalue weighted by Crippen LogP contribution is 2.24. The van der Waals surface area contributed by atoms with Crippen LogP contribution in [-0.4, -0.2) is 175 Å². The second kappa shape index (κ2) is 45.5. The van der Waals surface area contributed by atoms with E-state index >= 15 is 0 Å². The van der Waals surface area contributed by atoms with E-state index in [-0.39, 0.29) is 82.0 Å². The number of carbonyl (C=O) groups excluding carboxylic acids is 6. The largest absolute Gasteiger partial charge is 0.497 e. The summed E-state index contributed by atoms with van der Waals surface area (Å²) in [5.74, 6) is 3.88. The number of ketones is 1. The summed E-state index contributed by atoms with van der Waals surface area (Å²) in [6.45, 7) is 4.04. The average Bonchev–Trinajstić information content (AvgIpc) is 1.66. The smallest absolute Gasteiger partial charge is 0.256 e. The van der Waals surface area contributed by atoms with Crippen molar-refractivity contribution in [1.82, 2.24) is 126 Å². The van der Waals surface area contributed by atoms with E-state index in [2.05, 4.69) is 143 Å². The first-order valence-electron chi connectivity index (χ1n) is 40.3. The summed E-state index contributed by atoms with van der Waals surface area (Å²) in [5, 5.41) is 55.7. The minimum absolute atomic E-state index is 0. The van der Waals surface area contributed by atoms with Crippen molar-refractivity contribution < 1.29 is 46.9 Å². The van der Waals surface area contributed by atoms with Gasteiger partial charge >= 0.3 is 0 Å². The van der Waals surface area contributed by atoms with Gasteiger partial charge in [-0.15, -0.1) is 25.5 Å². The van der Waals surface area contributed by atoms with Crippen molar-refractivity contribution in [2.24, 2.45) is 5.92 Å². The van der Waals surface area contributed by atoms with Gasteiger partial charge in [0, 0.05) is 79.1 Å². The van der Waals surface area contributed by atoms with Crippen LogP contribution in [0.1, 0.15) is 82.0 Å². The molecule has 5 amide bonds. The van der Waals surface area contributed by atoms with E-state index in [1.165, 1.54) is 30.3 Å². The Morgan fingerprint density at radius 1 is 0.426 bits per heavy atom. The maximum absolute atomic E-state index is 13.6. The Kier molecular flexibility index (Phi) is 31.5. The van der Waals surface area contributed by atoms with E-state index in [0.29, 0.717) is 125 Å². The fourth-order valence-electron chi connectivity index (χ4n) is 12.2. The van der Waals surface area contributed by atoms with Gasteiger partial charge < -0.3 is 19.8 Å². The SMILES string of the molecule is CC(C)CC(=O)Cc1cccc(C(=O)Nc2cnc(-c3ccccn3)[nH]2)c1.COc1ccc(CCC(=O)Nc2n[nH]c(-c3ccccn3)n2)cc1F.COc1cccc(CCC(=O)Nc2n[nH]c(-c3ccccn3)n2)c1.O=C(CCc1cnn(-c2ccccc2)c1)Nc1n[nH]c(-c2ccccn2)n1.O=C(Cc1ccc(-n2cnnn2)cc1)Nc1n[nH]c(-c2ccccn2)n1.[HH].[HH].[HH]. The summed E-state index contributed by atoms with van der Waals surface area (Å²) >= 11 is 0. The molecule has 0 radical (unpaired) electrons. The predicted molar refractivity (Wildman–Crippen MR) is 481 cm³/mol. The van der Waals surface area contributed by atoms with E-state index in [1.54, 1.807) is 97.6 Å². The fourth-order valence-corrected chi connectivity index (χ4v) is 12.2. The Bertz CT molecular complexity index is 6460. The lowest BCUT2D eigenvalue weighted by Crippen LogP contribution is -2.15. The molecule has 0 saturated heterocycles. The van der Waals surface area contributed by atoms with Crippen molar-refractivity contribution in [3.63, 3.8) is 0 Å². The van der Waals surface area contributed by atoms with E-state index in [4.69, 9.17) is 9.47 Å². The second-order valence-corrected chi connectivity index (χ2v) is 28.5. The maximum atomic E-state index is 13.6. The molecule has 0 unspecified atom stereocenters. The van der Waals surface area contributed by atoms with Gasteiger partial charge in [0.05, 0.1) is 44.4 Å². The highest BCUT2D eigenvalue weighted by Gasteiger charge is 2.19. The van der Waals surface area contributed by atoms with Gasteiger partial charge in [-0.2, -0.15) is 25.0 Å². The number of aromatic amines is 5. The van der Waals surface area contributed by atoms with Crippen LogP contribution in [0.4, 0.5) is 34.0 Å². The van der Waals surface area contributed by atoms with Gasteiger partial charge in [-0.3, -0.25) is 95.3 Å². The number of halogens is 1. The normalized spacial score (nSPS) is 10.6. The zero-order valence-corrected chi connectivity index (χ0v) is 69.9. The summed E-state index contributed by atoms with van der Waals surface area (Å²) in [5.41, 5.74) is 10.0. The van der Waals surface area contributed by atoms with E-state index in [1.807, 2.05) is 178 Å². The molecule has 0 fully saturated rings. The number of tetrazole rings is 1. The molecule has 656 valence electrons. The quantitative estimate of drug-likeness (QED) is 0.0200. The molecule has 12 aromatic heterocycles. The van der Waals surface area contributed by atoms with Gasteiger partial charge in [0.2, 0.25) is 47.4 Å². The molecule has 0 aliphatic rings. The standard InChI is InChI=1S/C21H22N4O2.C19H17N7O.C17H16FN5O2.C17H17N5O2.C16H13N9O.3H2/c1-14(2)10-17(26)12-15-6-5-7-16(11-15)21(27)25-19-13-23-20(24-19)18-8-3-4-9-22-18;27-17(22-19-23-18(24-25-19)16-8-4-5-11-20-16)10-9-14-12-21-26(13-14)15-6-2-1-3-7-15;1-25-14-7-5-11(10-12(14)18)6-8-15(24)20-17-21-16(22-23-17)13-4-2-3-9-19-13;1-24-13-6-4-5-12(11-13)8-9-15(23)19-17-20-16(21-22-17)14-7-2-3-10-18-14;26-14(9-11-4-6-12(7-5-11)25-10-18-23-24-25)19-16-20-15(21-22-16)13-3-1-2-8-17-13;;;/h3-9,11,13-14H,10,12H2,1-2H3,(H,23,24)(H,25,27);1-8,11-13H,9-10H2,(H2,22,23,24,25,27);2-5,7,9-10H,6,8H2,1H3,(H2,20,21,22,23,24);2-7,10-11H,8-9H2,1H3,(H2,19,20,21,22,23);1-8,10H,9H2,(H2,19,20,21,22,26);3*1H. The minimum atomic E-state index is -0.450. The summed E-state index contributed by atoms with van der Waals surface area (Å²) in [6, 6.07) is 64.0. The third kappa shape index (κ3) is 27.5. The molecule has 17 aromatic rings. The van der Waals surface area contributed by atoms with Crippen molar-refractivity contribution in [3.05, 3.63) is 307 Å². The number of carbonyl (C=O) groups is 6. The molecule has 0 aliphatic carbocycles. The molecule has 5 aromatic carbocycles. The molecule has 0 spiro atoms. The number of para-hydroxylation sites is 1. The molecule has 0 aliphatic heterocycles. The van der Waals surface area contributed by atoms with E-state index < -0.39 is 5.82 Å². The number of nitrogens with zero attached hydrogens (tertiary/aromatic N) is 20. The molecular weight excluding hydrogens is 1650 g/mol. The van der Waals surface area contributed by atoms with Crippen LogP contribution in [-0.2, 0) is 56.1 Å². The zero-order chi connectivity index (χ0) is 89.9. The Balaban J connectivity index is 0.000000170. The first kappa shape index (κ1) is 89.2. The Morgan fingerprint density at radius 3 is 1.36 bits per heavy atom. The monoisotopic (exact) mass is 1740 g/mol. The zero-order valence-electron chi connectivity index (χ0n) is 69.9. The van der Waals surface area contributed by atoms with Gasteiger partial charge in [0.1, 0.15) is 52.1 Å². The van der Waals surface area contributed by atoms with Crippen LogP contribution in [0.2, 0.25) is 0 Å². The van der Waals surface area contributed by atoms with Gasteiger partial charge in [0.15, 0.2) is 40.7 Å². The Morgan fingerprint density at radius 2 is 0.891 bits per heavy atom. The van der Waals surface area contributed by atoms with Crippen LogP contribution in [0.25, 0.3) is 69.0 Å². The summed E-state index contributed by atoms with van der Waals surface area (Å²) in [4.78, 5) is 118. The lowest BCUT2D eigenvalue weighted by molar-refractivity contribution is -0.119. The number of amides is 5. The molecule has 0 saturated carbocycles. The van der Waals surface area contributed by atoms with Gasteiger partial charge in [-0.1, -0.05) is 105 Å². The van der Waals surface area contributed by atoms with Crippen LogP contribution < -0.4 is 36.1 Å². The first-order valence-corrected chi connectivity index (χ1v) is 40.3.